The lowest BCUT2D eigenvalue weighted by atomic mass is 9.93. The average Bonchev–Trinajstić information content (AvgIpc) is 3.06. The van der Waals surface area contributed by atoms with Crippen LogP contribution in [0.3, 0.4) is 0 Å². The van der Waals surface area contributed by atoms with E-state index in [1.165, 1.54) is 18.2 Å². The van der Waals surface area contributed by atoms with Crippen molar-refractivity contribution >= 4 is 17.8 Å². The van der Waals surface area contributed by atoms with Gasteiger partial charge in [0.15, 0.2) is 0 Å². The monoisotopic (exact) mass is 461 g/mol. The number of hydrogen-bond donors (Lipinski definition) is 2. The number of urea groups is 1. The first-order chi connectivity index (χ1) is 16.3. The molecule has 1 aliphatic rings. The van der Waals surface area contributed by atoms with Gasteiger partial charge >= 0.3 is 6.03 Å². The van der Waals surface area contributed by atoms with Crippen molar-refractivity contribution in [2.45, 2.75) is 31.9 Å². The van der Waals surface area contributed by atoms with Crippen molar-refractivity contribution in [3.63, 3.8) is 0 Å². The van der Waals surface area contributed by atoms with Gasteiger partial charge in [0, 0.05) is 5.56 Å². The van der Waals surface area contributed by atoms with Gasteiger partial charge in [0.2, 0.25) is 0 Å². The molecule has 174 valence electrons. The van der Waals surface area contributed by atoms with E-state index in [4.69, 9.17) is 4.74 Å². The molecule has 1 saturated heterocycles. The Kier molecular flexibility index (Phi) is 6.58. The molecule has 1 unspecified atom stereocenters. The molecule has 1 heterocycles. The van der Waals surface area contributed by atoms with Crippen LogP contribution in [0.2, 0.25) is 0 Å². The molecule has 1 fully saturated rings. The van der Waals surface area contributed by atoms with E-state index in [1.807, 2.05) is 30.3 Å². The zero-order valence-electron chi connectivity index (χ0n) is 18.6. The first-order valence-corrected chi connectivity index (χ1v) is 10.8. The quantitative estimate of drug-likeness (QED) is 0.497. The molecule has 0 radical (unpaired) electrons. The fourth-order valence-corrected chi connectivity index (χ4v) is 3.63. The zero-order chi connectivity index (χ0) is 24.1. The van der Waals surface area contributed by atoms with E-state index < -0.39 is 23.4 Å². The second kappa shape index (κ2) is 9.74. The largest absolute Gasteiger partial charge is 0.489 e. The molecule has 2 N–H and O–H groups in total. The molecule has 0 bridgehead atoms. The zero-order valence-corrected chi connectivity index (χ0v) is 18.6. The number of benzene rings is 3. The van der Waals surface area contributed by atoms with Gasteiger partial charge in [-0.2, -0.15) is 5.01 Å². The summed E-state index contributed by atoms with van der Waals surface area (Å²) in [4.78, 5) is 38.2. The van der Waals surface area contributed by atoms with Gasteiger partial charge in [0.1, 0.15) is 23.7 Å². The topological polar surface area (TPSA) is 87.7 Å². The molecule has 4 rings (SSSR count). The van der Waals surface area contributed by atoms with E-state index in [0.717, 1.165) is 16.1 Å². The molecule has 34 heavy (non-hydrogen) atoms. The van der Waals surface area contributed by atoms with Gasteiger partial charge in [-0.05, 0) is 61.2 Å². The van der Waals surface area contributed by atoms with Gasteiger partial charge < -0.3 is 10.1 Å². The molecule has 4 amide bonds. The lowest BCUT2D eigenvalue weighted by Crippen LogP contribution is -2.48. The molecule has 3 aromatic rings. The Labute approximate surface area is 196 Å². The highest BCUT2D eigenvalue weighted by Crippen LogP contribution is 2.23. The summed E-state index contributed by atoms with van der Waals surface area (Å²) in [5.74, 6) is -1.06. The molecule has 0 aliphatic carbocycles. The van der Waals surface area contributed by atoms with Gasteiger partial charge in [-0.15, -0.1) is 0 Å². The fraction of sp³-hybridized carbons (Fsp3) is 0.192. The maximum atomic E-state index is 13.0. The number of hydrazine groups is 1. The number of carbonyl (C=O) groups excluding carboxylic acids is 3. The van der Waals surface area contributed by atoms with E-state index in [1.54, 1.807) is 37.3 Å². The second-order valence-electron chi connectivity index (χ2n) is 8.27. The number of ether oxygens (including phenoxy) is 1. The maximum Gasteiger partial charge on any atom is 0.344 e. The predicted molar refractivity (Wildman–Crippen MR) is 123 cm³/mol. The minimum atomic E-state index is -1.12. The average molecular weight is 461 g/mol. The Morgan fingerprint density at radius 2 is 1.74 bits per heavy atom. The Balaban J connectivity index is 1.38. The van der Waals surface area contributed by atoms with E-state index >= 15 is 0 Å². The van der Waals surface area contributed by atoms with Crippen LogP contribution in [-0.2, 0) is 17.8 Å². The van der Waals surface area contributed by atoms with Crippen LogP contribution in [0.5, 0.6) is 5.75 Å². The third kappa shape index (κ3) is 5.23. The van der Waals surface area contributed by atoms with Crippen LogP contribution in [0.4, 0.5) is 9.18 Å². The summed E-state index contributed by atoms with van der Waals surface area (Å²) in [7, 11) is 0. The number of hydrogen-bond acceptors (Lipinski definition) is 4. The first kappa shape index (κ1) is 23.0. The van der Waals surface area contributed by atoms with Crippen LogP contribution < -0.4 is 15.5 Å². The highest BCUT2D eigenvalue weighted by Gasteiger charge is 2.48. The number of imide groups is 1. The van der Waals surface area contributed by atoms with Crippen molar-refractivity contribution in [1.29, 1.82) is 0 Å². The van der Waals surface area contributed by atoms with Gasteiger partial charge in [-0.1, -0.05) is 48.5 Å². The third-order valence-electron chi connectivity index (χ3n) is 5.65. The highest BCUT2D eigenvalue weighted by molar-refractivity contribution is 6.09. The summed E-state index contributed by atoms with van der Waals surface area (Å²) < 4.78 is 18.7. The summed E-state index contributed by atoms with van der Waals surface area (Å²) in [6.45, 7) is 1.84. The van der Waals surface area contributed by atoms with E-state index in [2.05, 4.69) is 10.7 Å². The van der Waals surface area contributed by atoms with Crippen LogP contribution in [0, 0.1) is 5.82 Å². The molecule has 8 heteroatoms. The summed E-state index contributed by atoms with van der Waals surface area (Å²) in [6.07, 6.45) is 0.985. The Morgan fingerprint density at radius 3 is 2.47 bits per heavy atom. The molecule has 1 atom stereocenters. The van der Waals surface area contributed by atoms with Crippen LogP contribution in [0.15, 0.2) is 78.9 Å². The lowest BCUT2D eigenvalue weighted by Gasteiger charge is -2.21. The van der Waals surface area contributed by atoms with Crippen molar-refractivity contribution in [3.05, 3.63) is 101 Å². The Morgan fingerprint density at radius 1 is 1.00 bits per heavy atom. The first-order valence-electron chi connectivity index (χ1n) is 10.8. The number of nitrogens with one attached hydrogen (secondary N) is 2. The number of halogens is 1. The molecule has 0 aromatic heterocycles. The second-order valence-corrected chi connectivity index (χ2v) is 8.27. The normalized spacial score (nSPS) is 17.4. The van der Waals surface area contributed by atoms with Crippen molar-refractivity contribution in [2.75, 3.05) is 0 Å². The van der Waals surface area contributed by atoms with Gasteiger partial charge in [-0.25, -0.2) is 9.18 Å². The number of nitrogens with zero attached hydrogens (tertiary/aromatic N) is 1. The summed E-state index contributed by atoms with van der Waals surface area (Å²) in [5.41, 5.74) is 3.30. The highest BCUT2D eigenvalue weighted by atomic mass is 19.1. The van der Waals surface area contributed by atoms with Gasteiger partial charge in [0.05, 0.1) is 0 Å². The molecule has 7 nitrogen and oxygen atoms in total. The van der Waals surface area contributed by atoms with Gasteiger partial charge in [-0.3, -0.25) is 15.0 Å². The lowest BCUT2D eigenvalue weighted by molar-refractivity contribution is -0.132. The summed E-state index contributed by atoms with van der Waals surface area (Å²) in [5, 5.41) is 3.40. The van der Waals surface area contributed by atoms with Crippen molar-refractivity contribution in [3.8, 4) is 5.75 Å². The number of aryl methyl sites for hydroxylation is 1. The Bertz CT molecular complexity index is 1200. The van der Waals surface area contributed by atoms with E-state index in [0.29, 0.717) is 18.6 Å². The summed E-state index contributed by atoms with van der Waals surface area (Å²) >= 11 is 0. The Hall–Kier alpha value is -4.20. The molecular formula is C26H24FN3O4. The van der Waals surface area contributed by atoms with E-state index in [9.17, 15) is 18.8 Å². The number of amides is 4. The van der Waals surface area contributed by atoms with Crippen molar-refractivity contribution < 1.29 is 23.5 Å². The van der Waals surface area contributed by atoms with Crippen molar-refractivity contribution in [1.82, 2.24) is 15.8 Å². The van der Waals surface area contributed by atoms with Gasteiger partial charge in [0.25, 0.3) is 11.8 Å². The van der Waals surface area contributed by atoms with Crippen LogP contribution in [0.25, 0.3) is 0 Å². The van der Waals surface area contributed by atoms with Crippen LogP contribution in [-0.4, -0.2) is 28.4 Å². The van der Waals surface area contributed by atoms with Crippen molar-refractivity contribution in [2.24, 2.45) is 0 Å². The number of rotatable bonds is 8. The van der Waals surface area contributed by atoms with E-state index in [-0.39, 0.29) is 18.0 Å². The summed E-state index contributed by atoms with van der Waals surface area (Å²) in [6, 6.07) is 21.2. The standard InChI is InChI=1S/C26H24FN3O4/c1-26(15-14-18-6-3-2-4-7-18)24(32)30(25(33)28-26)29-23(31)20-8-5-9-22(16-20)34-17-19-10-12-21(27)13-11-19/h2-13,16H,14-15,17H2,1H3,(H,28,33)(H,29,31). The minimum absolute atomic E-state index is 0.193. The fourth-order valence-electron chi connectivity index (χ4n) is 3.63. The molecule has 0 spiro atoms. The van der Waals surface area contributed by atoms with Crippen LogP contribution in [0.1, 0.15) is 34.8 Å². The molecular weight excluding hydrogens is 437 g/mol. The molecule has 1 aliphatic heterocycles. The number of carbonyl (C=O) groups is 3. The minimum Gasteiger partial charge on any atom is -0.489 e. The van der Waals surface area contributed by atoms with Crippen LogP contribution >= 0.6 is 0 Å². The molecule has 3 aromatic carbocycles. The SMILES string of the molecule is CC1(CCc2ccccc2)NC(=O)N(NC(=O)c2cccc(OCc3ccc(F)cc3)c2)C1=O. The smallest absolute Gasteiger partial charge is 0.344 e. The molecule has 0 saturated carbocycles. The third-order valence-corrected chi connectivity index (χ3v) is 5.65. The maximum absolute atomic E-state index is 13.0. The predicted octanol–water partition coefficient (Wildman–Crippen LogP) is 3.99.